The van der Waals surface area contributed by atoms with E-state index in [2.05, 4.69) is 15.5 Å². The topological polar surface area (TPSA) is 188 Å². The number of azo groups is 1. The Balaban J connectivity index is 0.00000272. The first-order chi connectivity index (χ1) is 14.4. The van der Waals surface area contributed by atoms with Crippen LogP contribution in [-0.4, -0.2) is 37.0 Å². The van der Waals surface area contributed by atoms with Crippen molar-refractivity contribution in [2.75, 3.05) is 5.32 Å². The van der Waals surface area contributed by atoms with Crippen LogP contribution in [0.5, 0.6) is 5.75 Å². The van der Waals surface area contributed by atoms with Gasteiger partial charge in [-0.15, -0.1) is 10.2 Å². The Bertz CT molecular complexity index is 1460. The van der Waals surface area contributed by atoms with Crippen molar-refractivity contribution in [3.63, 3.8) is 0 Å². The molecule has 0 fully saturated rings. The van der Waals surface area contributed by atoms with Gasteiger partial charge in [-0.1, -0.05) is 12.1 Å². The molecule has 0 saturated carbocycles. The normalized spacial score (nSPS) is 11.6. The van der Waals surface area contributed by atoms with E-state index in [4.69, 9.17) is 0 Å². The standard InChI is InChI=1S/C18H15N3O8S2.2Na/c1-10(22)19-12-6-7-13-11(8-12)9-16(31(27,28)29)17(18(13)23)21-20-14-4-2-3-5-15(14)30(24,25)26;;/h2-9,23H,1H3,(H,19,22)(H,24,25,26)(H,27,28,29);;/q;2*+1/p-2. The summed E-state index contributed by atoms with van der Waals surface area (Å²) in [5.41, 5.74) is -0.849. The maximum Gasteiger partial charge on any atom is 1.00 e. The average Bonchev–Trinajstić information content (AvgIpc) is 2.65. The summed E-state index contributed by atoms with van der Waals surface area (Å²) in [5, 5.41) is 20.4. The molecule has 3 rings (SSSR count). The fraction of sp³-hybridized carbons (Fsp3) is 0.0556. The van der Waals surface area contributed by atoms with Crippen molar-refractivity contribution in [1.82, 2.24) is 0 Å². The molecule has 15 heteroatoms. The van der Waals surface area contributed by atoms with Crippen molar-refractivity contribution in [3.8, 4) is 5.75 Å². The van der Waals surface area contributed by atoms with Crippen LogP contribution in [0.3, 0.4) is 0 Å². The summed E-state index contributed by atoms with van der Waals surface area (Å²) in [5.74, 6) is -1.11. The molecule has 2 N–H and O–H groups in total. The molecule has 0 heterocycles. The zero-order chi connectivity index (χ0) is 23.0. The molecule has 0 bridgehead atoms. The molecule has 0 aliphatic rings. The van der Waals surface area contributed by atoms with Crippen LogP contribution in [0.1, 0.15) is 6.92 Å². The number of fused-ring (bicyclic) bond motifs is 1. The van der Waals surface area contributed by atoms with Gasteiger partial charge in [0.05, 0.1) is 9.79 Å². The van der Waals surface area contributed by atoms with Gasteiger partial charge < -0.3 is 19.5 Å². The number of anilines is 1. The summed E-state index contributed by atoms with van der Waals surface area (Å²) >= 11 is 0. The molecule has 0 atom stereocenters. The van der Waals surface area contributed by atoms with Crippen LogP contribution in [0, 0.1) is 0 Å². The molecule has 0 unspecified atom stereocenters. The summed E-state index contributed by atoms with van der Waals surface area (Å²) in [6.07, 6.45) is 0. The first-order valence-corrected chi connectivity index (χ1v) is 11.2. The zero-order valence-electron chi connectivity index (χ0n) is 17.6. The predicted molar refractivity (Wildman–Crippen MR) is 106 cm³/mol. The van der Waals surface area contributed by atoms with Crippen molar-refractivity contribution in [3.05, 3.63) is 48.5 Å². The second-order valence-corrected chi connectivity index (χ2v) is 8.96. The van der Waals surface area contributed by atoms with E-state index in [1.165, 1.54) is 37.3 Å². The summed E-state index contributed by atoms with van der Waals surface area (Å²) in [4.78, 5) is 9.57. The zero-order valence-corrected chi connectivity index (χ0v) is 23.3. The molecule has 0 radical (unpaired) electrons. The summed E-state index contributed by atoms with van der Waals surface area (Å²) in [7, 11) is -10.1. The third-order valence-electron chi connectivity index (χ3n) is 4.03. The quantitative estimate of drug-likeness (QED) is 0.204. The number of carbonyl (C=O) groups excluding carboxylic acids is 1. The van der Waals surface area contributed by atoms with Gasteiger partial charge in [0.1, 0.15) is 31.6 Å². The number of hydrogen-bond acceptors (Lipinski definition) is 10. The SMILES string of the molecule is CC(=O)Nc1ccc2c(O)c(N=Nc3ccccc3S(=O)(=O)[O-])c(S(=O)(=O)[O-])cc2c1.[Na+].[Na+]. The molecule has 1 amide bonds. The van der Waals surface area contributed by atoms with Crippen LogP contribution >= 0.6 is 0 Å². The van der Waals surface area contributed by atoms with Gasteiger partial charge in [0.15, 0.2) is 5.75 Å². The van der Waals surface area contributed by atoms with E-state index in [1.807, 2.05) is 0 Å². The van der Waals surface area contributed by atoms with E-state index in [1.54, 1.807) is 0 Å². The van der Waals surface area contributed by atoms with E-state index in [0.29, 0.717) is 0 Å². The minimum atomic E-state index is -5.16. The van der Waals surface area contributed by atoms with Gasteiger partial charge in [-0.3, -0.25) is 4.79 Å². The van der Waals surface area contributed by atoms with Crippen molar-refractivity contribution < 1.29 is 95.0 Å². The predicted octanol–water partition coefficient (Wildman–Crippen LogP) is -3.26. The molecule has 0 aromatic heterocycles. The van der Waals surface area contributed by atoms with Crippen molar-refractivity contribution in [1.29, 1.82) is 0 Å². The Kier molecular flexibility index (Phi) is 10.2. The van der Waals surface area contributed by atoms with E-state index in [-0.39, 0.29) is 75.6 Å². The third-order valence-corrected chi connectivity index (χ3v) is 5.77. The fourth-order valence-corrected chi connectivity index (χ4v) is 4.03. The summed E-state index contributed by atoms with van der Waals surface area (Å²) in [6, 6.07) is 9.80. The smallest absolute Gasteiger partial charge is 0.744 e. The third kappa shape index (κ3) is 7.05. The Morgan fingerprint density at radius 3 is 2.09 bits per heavy atom. The molecule has 162 valence electrons. The number of aromatic hydroxyl groups is 1. The van der Waals surface area contributed by atoms with Gasteiger partial charge >= 0.3 is 59.1 Å². The molecular weight excluding hydrogens is 496 g/mol. The first-order valence-electron chi connectivity index (χ1n) is 8.38. The number of nitrogens with zero attached hydrogens (tertiary/aromatic N) is 2. The number of rotatable bonds is 5. The second-order valence-electron chi connectivity index (χ2n) is 6.26. The van der Waals surface area contributed by atoms with E-state index in [0.717, 1.165) is 18.2 Å². The van der Waals surface area contributed by atoms with E-state index >= 15 is 0 Å². The maximum absolute atomic E-state index is 11.8. The molecule has 0 aliphatic heterocycles. The number of hydrogen-bond donors (Lipinski definition) is 2. The number of phenolic OH excluding ortho intramolecular Hbond substituents is 1. The monoisotopic (exact) mass is 509 g/mol. The van der Waals surface area contributed by atoms with Gasteiger partial charge in [-0.05, 0) is 41.8 Å². The average molecular weight is 509 g/mol. The fourth-order valence-electron chi connectivity index (χ4n) is 2.77. The van der Waals surface area contributed by atoms with Crippen LogP contribution in [0.4, 0.5) is 17.1 Å². The number of carbonyl (C=O) groups is 1. The molecule has 0 spiro atoms. The Labute approximate surface area is 233 Å². The molecular formula is C18H13N3Na2O8S2. The van der Waals surface area contributed by atoms with Crippen LogP contribution in [-0.2, 0) is 25.0 Å². The van der Waals surface area contributed by atoms with Crippen molar-refractivity contribution in [2.45, 2.75) is 16.7 Å². The number of phenols is 1. The molecule has 0 saturated heterocycles. The molecule has 11 nitrogen and oxygen atoms in total. The van der Waals surface area contributed by atoms with E-state index < -0.39 is 53.1 Å². The van der Waals surface area contributed by atoms with Crippen LogP contribution < -0.4 is 64.4 Å². The minimum Gasteiger partial charge on any atom is -0.744 e. The Morgan fingerprint density at radius 2 is 1.52 bits per heavy atom. The van der Waals surface area contributed by atoms with Crippen LogP contribution in [0.2, 0.25) is 0 Å². The largest absolute Gasteiger partial charge is 1.00 e. The van der Waals surface area contributed by atoms with Crippen molar-refractivity contribution in [2.24, 2.45) is 10.2 Å². The van der Waals surface area contributed by atoms with Gasteiger partial charge in [-0.25, -0.2) is 16.8 Å². The molecule has 3 aromatic carbocycles. The summed E-state index contributed by atoms with van der Waals surface area (Å²) < 4.78 is 69.4. The van der Waals surface area contributed by atoms with Crippen molar-refractivity contribution >= 4 is 54.0 Å². The number of benzene rings is 3. The molecule has 3 aromatic rings. The van der Waals surface area contributed by atoms with Gasteiger partial charge in [-0.2, -0.15) is 0 Å². The molecule has 33 heavy (non-hydrogen) atoms. The molecule has 0 aliphatic carbocycles. The number of amides is 1. The minimum absolute atomic E-state index is 0. The van der Waals surface area contributed by atoms with Crippen LogP contribution in [0.25, 0.3) is 10.8 Å². The maximum atomic E-state index is 11.8. The number of nitrogens with one attached hydrogen (secondary N) is 1. The second kappa shape index (κ2) is 11.4. The van der Waals surface area contributed by atoms with Gasteiger partial charge in [0, 0.05) is 18.0 Å². The van der Waals surface area contributed by atoms with Gasteiger partial charge in [0.25, 0.3) is 0 Å². The van der Waals surface area contributed by atoms with E-state index in [9.17, 15) is 35.8 Å². The Morgan fingerprint density at radius 1 is 0.909 bits per heavy atom. The van der Waals surface area contributed by atoms with Gasteiger partial charge in [0.2, 0.25) is 5.91 Å². The first kappa shape index (κ1) is 29.6. The Hall–Kier alpha value is -1.39. The summed E-state index contributed by atoms with van der Waals surface area (Å²) in [6.45, 7) is 1.26. The van der Waals surface area contributed by atoms with Crippen LogP contribution in [0.15, 0.2) is 68.6 Å².